The lowest BCUT2D eigenvalue weighted by molar-refractivity contribution is -0.131. The topological polar surface area (TPSA) is 103 Å². The van der Waals surface area contributed by atoms with E-state index in [9.17, 15) is 4.79 Å². The van der Waals surface area contributed by atoms with Crippen LogP contribution in [0.2, 0.25) is 0 Å². The van der Waals surface area contributed by atoms with Gasteiger partial charge in [0.2, 0.25) is 11.8 Å². The molecule has 0 aromatic carbocycles. The van der Waals surface area contributed by atoms with Crippen LogP contribution in [-0.2, 0) is 16.0 Å². The zero-order valence-corrected chi connectivity index (χ0v) is 12.2. The Kier molecular flexibility index (Phi) is 4.66. The first-order valence-corrected chi connectivity index (χ1v) is 6.90. The molecule has 0 bridgehead atoms. The summed E-state index contributed by atoms with van der Waals surface area (Å²) >= 11 is 5.07. The second-order valence-electron chi connectivity index (χ2n) is 4.80. The number of nitrogens with two attached hydrogens (primary N) is 1. The molecule has 1 aromatic heterocycles. The van der Waals surface area contributed by atoms with Gasteiger partial charge in [0.1, 0.15) is 5.41 Å². The van der Waals surface area contributed by atoms with Crippen molar-refractivity contribution >= 4 is 23.1 Å². The highest BCUT2D eigenvalue weighted by Gasteiger charge is 2.42. The highest BCUT2D eigenvalue weighted by molar-refractivity contribution is 7.80. The number of rotatable bonds is 5. The fraction of sp³-hybridized carbons (Fsp3) is 0.667. The second-order valence-corrected chi connectivity index (χ2v) is 5.24. The lowest BCUT2D eigenvalue weighted by Crippen LogP contribution is -2.52. The lowest BCUT2D eigenvalue weighted by atomic mass is 9.79. The summed E-state index contributed by atoms with van der Waals surface area (Å²) < 4.78 is 10.3. The molecule has 110 valence electrons. The maximum atomic E-state index is 12.4. The fourth-order valence-corrected chi connectivity index (χ4v) is 2.50. The third-order valence-electron chi connectivity index (χ3n) is 3.45. The van der Waals surface area contributed by atoms with Crippen molar-refractivity contribution in [2.75, 3.05) is 19.8 Å². The maximum Gasteiger partial charge on any atom is 0.233 e. The average molecular weight is 298 g/mol. The number of nitrogens with zero attached hydrogens (tertiary/aromatic N) is 2. The summed E-state index contributed by atoms with van der Waals surface area (Å²) in [5.41, 5.74) is 4.97. The molecule has 1 aliphatic rings. The largest absolute Gasteiger partial charge is 0.392 e. The number of amides is 1. The summed E-state index contributed by atoms with van der Waals surface area (Å²) in [5.74, 6) is 0.930. The predicted octanol–water partition coefficient (Wildman–Crippen LogP) is 0.120. The molecule has 0 radical (unpaired) electrons. The van der Waals surface area contributed by atoms with Gasteiger partial charge in [-0.15, -0.1) is 0 Å². The van der Waals surface area contributed by atoms with Crippen LogP contribution >= 0.6 is 12.2 Å². The molecule has 8 heteroatoms. The molecule has 0 aliphatic carbocycles. The molecule has 1 aromatic rings. The molecule has 20 heavy (non-hydrogen) atoms. The Balaban J connectivity index is 1.90. The number of aryl methyl sites for hydroxylation is 1. The van der Waals surface area contributed by atoms with Crippen molar-refractivity contribution in [2.45, 2.75) is 26.2 Å². The van der Waals surface area contributed by atoms with E-state index in [1.807, 2.05) is 0 Å². The van der Waals surface area contributed by atoms with Gasteiger partial charge in [0.05, 0.1) is 4.99 Å². The molecule has 0 atom stereocenters. The summed E-state index contributed by atoms with van der Waals surface area (Å²) in [6.07, 6.45) is 1.53. The van der Waals surface area contributed by atoms with Gasteiger partial charge in [0.15, 0.2) is 5.82 Å². The zero-order valence-electron chi connectivity index (χ0n) is 11.3. The molecule has 0 unspecified atom stereocenters. The van der Waals surface area contributed by atoms with Crippen LogP contribution in [-0.4, -0.2) is 40.8 Å². The molecule has 1 fully saturated rings. The number of ether oxygens (including phenoxy) is 1. The van der Waals surface area contributed by atoms with E-state index in [0.717, 1.165) is 0 Å². The van der Waals surface area contributed by atoms with Crippen LogP contribution < -0.4 is 11.1 Å². The smallest absolute Gasteiger partial charge is 0.233 e. The van der Waals surface area contributed by atoms with Crippen LogP contribution in [0.3, 0.4) is 0 Å². The highest BCUT2D eigenvalue weighted by Crippen LogP contribution is 2.31. The Labute approximate surface area is 122 Å². The van der Waals surface area contributed by atoms with E-state index >= 15 is 0 Å². The summed E-state index contributed by atoms with van der Waals surface area (Å²) in [6, 6.07) is 0. The lowest BCUT2D eigenvalue weighted by Gasteiger charge is -2.34. The SMILES string of the molecule is Cc1noc(CCNC(=O)C2(C(N)=S)CCOCC2)n1. The van der Waals surface area contributed by atoms with Crippen LogP contribution in [0.25, 0.3) is 0 Å². The van der Waals surface area contributed by atoms with Crippen LogP contribution in [0.1, 0.15) is 24.6 Å². The van der Waals surface area contributed by atoms with Crippen molar-refractivity contribution in [3.05, 3.63) is 11.7 Å². The molecular formula is C12H18N4O3S. The molecule has 1 amide bonds. The first-order valence-electron chi connectivity index (χ1n) is 6.50. The highest BCUT2D eigenvalue weighted by atomic mass is 32.1. The van der Waals surface area contributed by atoms with Gasteiger partial charge in [-0.25, -0.2) is 0 Å². The molecule has 2 rings (SSSR count). The molecule has 0 saturated carbocycles. The first kappa shape index (κ1) is 14.9. The number of carbonyl (C=O) groups is 1. The van der Waals surface area contributed by atoms with Crippen molar-refractivity contribution in [3.8, 4) is 0 Å². The van der Waals surface area contributed by atoms with Crippen molar-refractivity contribution in [1.29, 1.82) is 0 Å². The van der Waals surface area contributed by atoms with Gasteiger partial charge in [-0.1, -0.05) is 17.4 Å². The average Bonchev–Trinajstić information content (AvgIpc) is 2.85. The van der Waals surface area contributed by atoms with Crippen molar-refractivity contribution in [1.82, 2.24) is 15.5 Å². The molecule has 1 saturated heterocycles. The van der Waals surface area contributed by atoms with Crippen LogP contribution in [0, 0.1) is 12.3 Å². The number of nitrogens with one attached hydrogen (secondary N) is 1. The van der Waals surface area contributed by atoms with Crippen molar-refractivity contribution < 1.29 is 14.1 Å². The van der Waals surface area contributed by atoms with Gasteiger partial charge in [0, 0.05) is 26.2 Å². The van der Waals surface area contributed by atoms with E-state index in [1.54, 1.807) is 6.92 Å². The van der Waals surface area contributed by atoms with Crippen molar-refractivity contribution in [3.63, 3.8) is 0 Å². The fourth-order valence-electron chi connectivity index (χ4n) is 2.20. The molecule has 0 spiro atoms. The minimum atomic E-state index is -0.793. The van der Waals surface area contributed by atoms with E-state index in [-0.39, 0.29) is 10.9 Å². The number of carbonyl (C=O) groups excluding carboxylic acids is 1. The van der Waals surface area contributed by atoms with E-state index in [2.05, 4.69) is 15.5 Å². The Bertz CT molecular complexity index is 497. The van der Waals surface area contributed by atoms with E-state index < -0.39 is 5.41 Å². The Hall–Kier alpha value is -1.54. The third-order valence-corrected chi connectivity index (χ3v) is 3.84. The van der Waals surface area contributed by atoms with Gasteiger partial charge >= 0.3 is 0 Å². The minimum Gasteiger partial charge on any atom is -0.392 e. The normalized spacial score (nSPS) is 17.6. The van der Waals surface area contributed by atoms with Crippen molar-refractivity contribution in [2.24, 2.45) is 11.1 Å². The third kappa shape index (κ3) is 3.13. The number of thiocarbonyl (C=S) groups is 1. The quantitative estimate of drug-likeness (QED) is 0.744. The second kappa shape index (κ2) is 6.27. The number of hydrogen-bond donors (Lipinski definition) is 2. The van der Waals surface area contributed by atoms with Crippen LogP contribution in [0.4, 0.5) is 0 Å². The van der Waals surface area contributed by atoms with Gasteiger partial charge in [-0.3, -0.25) is 4.79 Å². The maximum absolute atomic E-state index is 12.4. The first-order chi connectivity index (χ1) is 9.54. The van der Waals surface area contributed by atoms with Gasteiger partial charge < -0.3 is 20.3 Å². The number of hydrogen-bond acceptors (Lipinski definition) is 6. The minimum absolute atomic E-state index is 0.149. The van der Waals surface area contributed by atoms with Crippen LogP contribution in [0.5, 0.6) is 0 Å². The summed E-state index contributed by atoms with van der Waals surface area (Å²) in [6.45, 7) is 3.14. The molecule has 3 N–H and O–H groups in total. The molecular weight excluding hydrogens is 280 g/mol. The Morgan fingerprint density at radius 1 is 1.50 bits per heavy atom. The number of aromatic nitrogens is 2. The summed E-state index contributed by atoms with van der Waals surface area (Å²) in [7, 11) is 0. The molecule has 1 aliphatic heterocycles. The van der Waals surface area contributed by atoms with Gasteiger partial charge in [-0.05, 0) is 19.8 Å². The van der Waals surface area contributed by atoms with Crippen LogP contribution in [0.15, 0.2) is 4.52 Å². The Morgan fingerprint density at radius 3 is 2.75 bits per heavy atom. The van der Waals surface area contributed by atoms with E-state index in [4.69, 9.17) is 27.2 Å². The summed E-state index contributed by atoms with van der Waals surface area (Å²) in [4.78, 5) is 16.7. The van der Waals surface area contributed by atoms with Gasteiger partial charge in [0.25, 0.3) is 0 Å². The molecule has 2 heterocycles. The van der Waals surface area contributed by atoms with Gasteiger partial charge in [-0.2, -0.15) is 4.98 Å². The monoisotopic (exact) mass is 298 g/mol. The summed E-state index contributed by atoms with van der Waals surface area (Å²) in [5, 5.41) is 6.53. The zero-order chi connectivity index (χ0) is 14.6. The Morgan fingerprint density at radius 2 is 2.20 bits per heavy atom. The van der Waals surface area contributed by atoms with E-state index in [1.165, 1.54) is 0 Å². The predicted molar refractivity (Wildman–Crippen MR) is 75.0 cm³/mol. The van der Waals surface area contributed by atoms with E-state index in [0.29, 0.717) is 50.7 Å². The standard InChI is InChI=1S/C12H18N4O3S/c1-8-15-9(19-16-8)2-5-14-11(17)12(10(13)20)3-6-18-7-4-12/h2-7H2,1H3,(H2,13,20)(H,14,17). The molecule has 7 nitrogen and oxygen atoms in total.